The van der Waals surface area contributed by atoms with E-state index in [0.29, 0.717) is 30.3 Å². The molecular weight excluding hydrogens is 626 g/mol. The van der Waals surface area contributed by atoms with E-state index in [9.17, 15) is 43.9 Å². The maximum absolute atomic E-state index is 14.8. The molecule has 0 radical (unpaired) electrons. The maximum atomic E-state index is 14.8. The number of hydrogen-bond donors (Lipinski definition) is 0. The molecule has 3 aromatic rings. The molecule has 246 valence electrons. The first-order valence-corrected chi connectivity index (χ1v) is 13.9. The van der Waals surface area contributed by atoms with Gasteiger partial charge in [0, 0.05) is 23.6 Å². The number of rotatable bonds is 12. The lowest BCUT2D eigenvalue weighted by Crippen LogP contribution is -2.47. The van der Waals surface area contributed by atoms with Crippen molar-refractivity contribution in [2.75, 3.05) is 13.2 Å². The molecule has 1 heterocycles. The molecule has 0 aromatic heterocycles. The van der Waals surface area contributed by atoms with Crippen LogP contribution in [0.5, 0.6) is 11.5 Å². The average Bonchev–Trinajstić information content (AvgIpc) is 2.94. The van der Waals surface area contributed by atoms with E-state index in [1.807, 2.05) is 0 Å². The minimum atomic E-state index is -4.99. The molecular formula is C31H28F10O4. The summed E-state index contributed by atoms with van der Waals surface area (Å²) in [6.07, 6.45) is -10.9. The molecule has 0 unspecified atom stereocenters. The minimum Gasteiger partial charge on any atom is -0.429 e. The topological polar surface area (TPSA) is 36.9 Å². The van der Waals surface area contributed by atoms with E-state index in [4.69, 9.17) is 9.47 Å². The molecule has 4 rings (SSSR count). The zero-order valence-electron chi connectivity index (χ0n) is 23.7. The molecule has 1 fully saturated rings. The van der Waals surface area contributed by atoms with Crippen molar-refractivity contribution >= 4 is 0 Å². The molecule has 1 aliphatic heterocycles. The van der Waals surface area contributed by atoms with Crippen molar-refractivity contribution in [2.45, 2.75) is 63.7 Å². The SMILES string of the molecule is CCCCCCC1COC(C(F)(F)Oc2ccc(C(F)(F)Oc3ccc(-c4ccc(C(F)(F)F)c(F)c4)c(F)c3)c(F)c2)OC1. The monoisotopic (exact) mass is 654 g/mol. The molecule has 0 bridgehead atoms. The fraction of sp³-hybridized carbons (Fsp3) is 0.419. The molecule has 0 spiro atoms. The highest BCUT2D eigenvalue weighted by Crippen LogP contribution is 2.39. The van der Waals surface area contributed by atoms with Crippen molar-refractivity contribution in [1.29, 1.82) is 0 Å². The van der Waals surface area contributed by atoms with E-state index in [-0.39, 0.29) is 30.8 Å². The van der Waals surface area contributed by atoms with Crippen molar-refractivity contribution in [2.24, 2.45) is 5.92 Å². The predicted molar refractivity (Wildman–Crippen MR) is 141 cm³/mol. The molecule has 3 aromatic carbocycles. The molecule has 45 heavy (non-hydrogen) atoms. The first kappa shape index (κ1) is 34.4. The second-order valence-corrected chi connectivity index (χ2v) is 10.5. The van der Waals surface area contributed by atoms with E-state index in [1.54, 1.807) is 0 Å². The lowest BCUT2D eigenvalue weighted by molar-refractivity contribution is -0.352. The van der Waals surface area contributed by atoms with Gasteiger partial charge in [0.2, 0.25) is 0 Å². The number of benzene rings is 3. The van der Waals surface area contributed by atoms with Gasteiger partial charge in [-0.2, -0.15) is 30.7 Å². The molecule has 14 heteroatoms. The van der Waals surface area contributed by atoms with Crippen LogP contribution in [0, 0.1) is 23.4 Å². The molecule has 0 aliphatic carbocycles. The van der Waals surface area contributed by atoms with Crippen LogP contribution in [0.15, 0.2) is 54.6 Å². The van der Waals surface area contributed by atoms with Crippen LogP contribution in [0.4, 0.5) is 43.9 Å². The van der Waals surface area contributed by atoms with Crippen LogP contribution >= 0.6 is 0 Å². The Bertz CT molecular complexity index is 1450. The van der Waals surface area contributed by atoms with Gasteiger partial charge >= 0.3 is 18.4 Å². The zero-order chi connectivity index (χ0) is 33.0. The van der Waals surface area contributed by atoms with Crippen molar-refractivity contribution < 1.29 is 62.9 Å². The van der Waals surface area contributed by atoms with Crippen LogP contribution in [-0.2, 0) is 21.8 Å². The first-order valence-electron chi connectivity index (χ1n) is 13.9. The Kier molecular flexibility index (Phi) is 10.6. The lowest BCUT2D eigenvalue weighted by Gasteiger charge is -2.33. The van der Waals surface area contributed by atoms with Gasteiger partial charge in [-0.15, -0.1) is 0 Å². The summed E-state index contributed by atoms with van der Waals surface area (Å²) in [7, 11) is 0. The van der Waals surface area contributed by atoms with Crippen LogP contribution in [-0.4, -0.2) is 25.6 Å². The predicted octanol–water partition coefficient (Wildman–Crippen LogP) is 9.85. The second-order valence-electron chi connectivity index (χ2n) is 10.5. The maximum Gasteiger partial charge on any atom is 0.451 e. The summed E-state index contributed by atoms with van der Waals surface area (Å²) in [5.74, 6) is -6.34. The summed E-state index contributed by atoms with van der Waals surface area (Å²) in [6, 6.07) is 5.07. The Hall–Kier alpha value is -3.52. The van der Waals surface area contributed by atoms with Crippen LogP contribution in [0.1, 0.15) is 50.2 Å². The normalized spacial score (nSPS) is 17.8. The van der Waals surface area contributed by atoms with Gasteiger partial charge in [-0.05, 0) is 48.4 Å². The Labute approximate surface area is 251 Å². The molecule has 4 nitrogen and oxygen atoms in total. The van der Waals surface area contributed by atoms with Gasteiger partial charge in [-0.25, -0.2) is 13.2 Å². The Morgan fingerprint density at radius 1 is 0.689 bits per heavy atom. The Morgan fingerprint density at radius 2 is 1.29 bits per heavy atom. The van der Waals surface area contributed by atoms with E-state index < -0.39 is 70.3 Å². The van der Waals surface area contributed by atoms with Crippen LogP contribution in [0.2, 0.25) is 0 Å². The smallest absolute Gasteiger partial charge is 0.429 e. The van der Waals surface area contributed by atoms with Crippen molar-refractivity contribution in [3.8, 4) is 22.6 Å². The lowest BCUT2D eigenvalue weighted by atomic mass is 10.0. The fourth-order valence-electron chi connectivity index (χ4n) is 4.67. The van der Waals surface area contributed by atoms with Crippen molar-refractivity contribution in [3.05, 3.63) is 83.2 Å². The zero-order valence-corrected chi connectivity index (χ0v) is 23.7. The molecule has 0 atom stereocenters. The summed E-state index contributed by atoms with van der Waals surface area (Å²) in [6.45, 7) is 2.05. The van der Waals surface area contributed by atoms with Gasteiger partial charge < -0.3 is 18.9 Å². The van der Waals surface area contributed by atoms with Gasteiger partial charge in [0.1, 0.15) is 34.5 Å². The van der Waals surface area contributed by atoms with Gasteiger partial charge in [0.05, 0.1) is 18.8 Å². The van der Waals surface area contributed by atoms with Crippen LogP contribution < -0.4 is 9.47 Å². The minimum absolute atomic E-state index is 0.00456. The summed E-state index contributed by atoms with van der Waals surface area (Å²) < 4.78 is 160. The summed E-state index contributed by atoms with van der Waals surface area (Å²) in [4.78, 5) is 0. The largest absolute Gasteiger partial charge is 0.451 e. The standard InChI is InChI=1S/C31H28F10O4/c1-2-3-4-5-6-18-16-42-28(43-17-18)31(40,41)45-21-9-12-24(27(34)15-21)30(38,39)44-20-8-10-22(25(32)14-20)19-7-11-23(26(33)13-19)29(35,36)37/h7-15,18,28H,2-6,16-17H2,1H3. The summed E-state index contributed by atoms with van der Waals surface area (Å²) >= 11 is 0. The molecule has 1 saturated heterocycles. The number of alkyl halides is 7. The van der Waals surface area contributed by atoms with E-state index >= 15 is 0 Å². The highest BCUT2D eigenvalue weighted by molar-refractivity contribution is 5.65. The summed E-state index contributed by atoms with van der Waals surface area (Å²) in [5, 5.41) is 0. The van der Waals surface area contributed by atoms with Gasteiger partial charge in [0.25, 0.3) is 6.29 Å². The number of halogens is 10. The Balaban J connectivity index is 1.40. The number of unbranched alkanes of at least 4 members (excludes halogenated alkanes) is 3. The molecule has 0 N–H and O–H groups in total. The average molecular weight is 655 g/mol. The Morgan fingerprint density at radius 3 is 1.89 bits per heavy atom. The third-order valence-corrected chi connectivity index (χ3v) is 6.99. The van der Waals surface area contributed by atoms with Gasteiger partial charge in [-0.3, -0.25) is 0 Å². The number of hydrogen-bond acceptors (Lipinski definition) is 4. The third-order valence-electron chi connectivity index (χ3n) is 6.99. The van der Waals surface area contributed by atoms with Crippen molar-refractivity contribution in [1.82, 2.24) is 0 Å². The third kappa shape index (κ3) is 8.60. The summed E-state index contributed by atoms with van der Waals surface area (Å²) in [5.41, 5.74) is -3.73. The first-order chi connectivity index (χ1) is 21.1. The highest BCUT2D eigenvalue weighted by Gasteiger charge is 2.47. The van der Waals surface area contributed by atoms with Gasteiger partial charge in [0.15, 0.2) is 0 Å². The van der Waals surface area contributed by atoms with E-state index in [1.165, 1.54) is 0 Å². The highest BCUT2D eigenvalue weighted by atomic mass is 19.4. The van der Waals surface area contributed by atoms with E-state index in [0.717, 1.165) is 50.3 Å². The molecule has 1 aliphatic rings. The quantitative estimate of drug-likeness (QED) is 0.144. The second kappa shape index (κ2) is 13.9. The molecule has 0 saturated carbocycles. The number of ether oxygens (including phenoxy) is 4. The van der Waals surface area contributed by atoms with Crippen molar-refractivity contribution in [3.63, 3.8) is 0 Å². The van der Waals surface area contributed by atoms with Crippen LogP contribution in [0.25, 0.3) is 11.1 Å². The van der Waals surface area contributed by atoms with Gasteiger partial charge in [-0.1, -0.05) is 38.7 Å². The fourth-order valence-corrected chi connectivity index (χ4v) is 4.67. The molecule has 0 amide bonds. The van der Waals surface area contributed by atoms with Crippen LogP contribution in [0.3, 0.4) is 0 Å². The van der Waals surface area contributed by atoms with E-state index in [2.05, 4.69) is 16.4 Å².